The maximum absolute atomic E-state index is 5.86. The summed E-state index contributed by atoms with van der Waals surface area (Å²) in [5.74, 6) is 0. The van der Waals surface area contributed by atoms with Crippen LogP contribution in [0.1, 0.15) is 51.9 Å². The molecule has 0 aliphatic heterocycles. The molecular formula is C12H24O2. The summed E-state index contributed by atoms with van der Waals surface area (Å²) in [6.07, 6.45) is 9.43. The van der Waals surface area contributed by atoms with Gasteiger partial charge in [-0.3, -0.25) is 0 Å². The molecule has 0 radical (unpaired) electrons. The van der Waals surface area contributed by atoms with Gasteiger partial charge in [0.15, 0.2) is 0 Å². The maximum atomic E-state index is 5.86. The SMILES string of the molecule is CCCCCOC1CCCCC1OC. The van der Waals surface area contributed by atoms with Crippen LogP contribution in [0.25, 0.3) is 0 Å². The Hall–Kier alpha value is -0.0800. The molecule has 0 amide bonds. The lowest BCUT2D eigenvalue weighted by atomic mass is 9.94. The zero-order chi connectivity index (χ0) is 10.2. The summed E-state index contributed by atoms with van der Waals surface area (Å²) in [5, 5.41) is 0. The van der Waals surface area contributed by atoms with Crippen LogP contribution in [-0.2, 0) is 9.47 Å². The van der Waals surface area contributed by atoms with Crippen LogP contribution in [0.5, 0.6) is 0 Å². The average Bonchev–Trinajstić information content (AvgIpc) is 2.25. The zero-order valence-corrected chi connectivity index (χ0v) is 9.63. The average molecular weight is 200 g/mol. The van der Waals surface area contributed by atoms with Crippen molar-refractivity contribution in [3.8, 4) is 0 Å². The fourth-order valence-corrected chi connectivity index (χ4v) is 2.11. The standard InChI is InChI=1S/C12H24O2/c1-3-4-7-10-14-12-9-6-5-8-11(12)13-2/h11-12H,3-10H2,1-2H3. The molecule has 0 aromatic carbocycles. The Kier molecular flexibility index (Phi) is 6.20. The normalized spacial score (nSPS) is 27.9. The highest BCUT2D eigenvalue weighted by atomic mass is 16.5. The van der Waals surface area contributed by atoms with Crippen LogP contribution in [0.15, 0.2) is 0 Å². The van der Waals surface area contributed by atoms with Crippen molar-refractivity contribution in [3.63, 3.8) is 0 Å². The molecule has 0 heterocycles. The van der Waals surface area contributed by atoms with E-state index < -0.39 is 0 Å². The Morgan fingerprint density at radius 1 is 1.07 bits per heavy atom. The van der Waals surface area contributed by atoms with Gasteiger partial charge in [-0.15, -0.1) is 0 Å². The number of hydrogen-bond acceptors (Lipinski definition) is 2. The smallest absolute Gasteiger partial charge is 0.0836 e. The largest absolute Gasteiger partial charge is 0.379 e. The number of rotatable bonds is 6. The van der Waals surface area contributed by atoms with E-state index in [4.69, 9.17) is 9.47 Å². The third-order valence-corrected chi connectivity index (χ3v) is 3.02. The van der Waals surface area contributed by atoms with Crippen molar-refractivity contribution in [1.29, 1.82) is 0 Å². The first-order valence-electron chi connectivity index (χ1n) is 6.03. The number of hydrogen-bond donors (Lipinski definition) is 0. The fraction of sp³-hybridized carbons (Fsp3) is 1.00. The van der Waals surface area contributed by atoms with Crippen LogP contribution in [0.2, 0.25) is 0 Å². The first-order valence-corrected chi connectivity index (χ1v) is 6.03. The van der Waals surface area contributed by atoms with E-state index in [2.05, 4.69) is 6.92 Å². The van der Waals surface area contributed by atoms with Gasteiger partial charge in [-0.05, 0) is 19.3 Å². The van der Waals surface area contributed by atoms with Crippen molar-refractivity contribution in [2.24, 2.45) is 0 Å². The molecule has 0 N–H and O–H groups in total. The van der Waals surface area contributed by atoms with Gasteiger partial charge in [0.2, 0.25) is 0 Å². The summed E-state index contributed by atoms with van der Waals surface area (Å²) in [7, 11) is 1.80. The molecule has 14 heavy (non-hydrogen) atoms. The van der Waals surface area contributed by atoms with E-state index >= 15 is 0 Å². The third kappa shape index (κ3) is 3.97. The van der Waals surface area contributed by atoms with Crippen molar-refractivity contribution < 1.29 is 9.47 Å². The van der Waals surface area contributed by atoms with Gasteiger partial charge in [-0.25, -0.2) is 0 Å². The molecule has 0 aromatic heterocycles. The number of ether oxygens (including phenoxy) is 2. The highest BCUT2D eigenvalue weighted by molar-refractivity contribution is 4.76. The van der Waals surface area contributed by atoms with Crippen molar-refractivity contribution >= 4 is 0 Å². The minimum absolute atomic E-state index is 0.352. The second kappa shape index (κ2) is 7.24. The first-order chi connectivity index (χ1) is 6.88. The minimum atomic E-state index is 0.352. The first kappa shape index (κ1) is 12.0. The van der Waals surface area contributed by atoms with Crippen molar-refractivity contribution in [3.05, 3.63) is 0 Å². The lowest BCUT2D eigenvalue weighted by Gasteiger charge is -2.30. The lowest BCUT2D eigenvalue weighted by Crippen LogP contribution is -2.34. The summed E-state index contributed by atoms with van der Waals surface area (Å²) in [6.45, 7) is 3.14. The topological polar surface area (TPSA) is 18.5 Å². The van der Waals surface area contributed by atoms with E-state index in [1.54, 1.807) is 7.11 Å². The Morgan fingerprint density at radius 3 is 2.43 bits per heavy atom. The molecule has 84 valence electrons. The summed E-state index contributed by atoms with van der Waals surface area (Å²) in [5.41, 5.74) is 0. The molecule has 0 saturated heterocycles. The quantitative estimate of drug-likeness (QED) is 0.613. The van der Waals surface area contributed by atoms with E-state index in [0.717, 1.165) is 6.61 Å². The molecule has 2 atom stereocenters. The van der Waals surface area contributed by atoms with Gasteiger partial charge in [0, 0.05) is 13.7 Å². The van der Waals surface area contributed by atoms with E-state index in [-0.39, 0.29) is 0 Å². The predicted molar refractivity (Wildman–Crippen MR) is 58.5 cm³/mol. The fourth-order valence-electron chi connectivity index (χ4n) is 2.11. The highest BCUT2D eigenvalue weighted by Gasteiger charge is 2.24. The Labute approximate surface area is 88.0 Å². The summed E-state index contributed by atoms with van der Waals surface area (Å²) >= 11 is 0. The summed E-state index contributed by atoms with van der Waals surface area (Å²) in [4.78, 5) is 0. The van der Waals surface area contributed by atoms with Gasteiger partial charge < -0.3 is 9.47 Å². The van der Waals surface area contributed by atoms with E-state index in [1.165, 1.54) is 44.9 Å². The van der Waals surface area contributed by atoms with Gasteiger partial charge in [0.05, 0.1) is 12.2 Å². The Bertz CT molecular complexity index is 136. The van der Waals surface area contributed by atoms with Crippen LogP contribution in [0.4, 0.5) is 0 Å². The minimum Gasteiger partial charge on any atom is -0.379 e. The van der Waals surface area contributed by atoms with Crippen molar-refractivity contribution in [1.82, 2.24) is 0 Å². The second-order valence-corrected chi connectivity index (χ2v) is 4.17. The molecule has 2 unspecified atom stereocenters. The molecule has 0 aromatic rings. The predicted octanol–water partition coefficient (Wildman–Crippen LogP) is 3.15. The molecule has 1 fully saturated rings. The second-order valence-electron chi connectivity index (χ2n) is 4.17. The van der Waals surface area contributed by atoms with E-state index in [9.17, 15) is 0 Å². The molecule has 2 heteroatoms. The molecule has 1 saturated carbocycles. The van der Waals surface area contributed by atoms with Crippen molar-refractivity contribution in [2.45, 2.75) is 64.1 Å². The Morgan fingerprint density at radius 2 is 1.79 bits per heavy atom. The van der Waals surface area contributed by atoms with Crippen LogP contribution < -0.4 is 0 Å². The van der Waals surface area contributed by atoms with Gasteiger partial charge in [0.1, 0.15) is 0 Å². The molecule has 1 rings (SSSR count). The monoisotopic (exact) mass is 200 g/mol. The Balaban J connectivity index is 2.13. The molecule has 0 bridgehead atoms. The maximum Gasteiger partial charge on any atom is 0.0836 e. The van der Waals surface area contributed by atoms with Crippen molar-refractivity contribution in [2.75, 3.05) is 13.7 Å². The highest BCUT2D eigenvalue weighted by Crippen LogP contribution is 2.23. The van der Waals surface area contributed by atoms with E-state index in [0.29, 0.717) is 12.2 Å². The van der Waals surface area contributed by atoms with Crippen LogP contribution in [0, 0.1) is 0 Å². The third-order valence-electron chi connectivity index (χ3n) is 3.02. The molecular weight excluding hydrogens is 176 g/mol. The molecule has 2 nitrogen and oxygen atoms in total. The lowest BCUT2D eigenvalue weighted by molar-refractivity contribution is -0.0771. The zero-order valence-electron chi connectivity index (χ0n) is 9.63. The number of methoxy groups -OCH3 is 1. The number of unbranched alkanes of at least 4 members (excludes halogenated alkanes) is 2. The molecule has 1 aliphatic rings. The van der Waals surface area contributed by atoms with Gasteiger partial charge in [-0.1, -0.05) is 32.6 Å². The van der Waals surface area contributed by atoms with Gasteiger partial charge in [-0.2, -0.15) is 0 Å². The van der Waals surface area contributed by atoms with Gasteiger partial charge in [0.25, 0.3) is 0 Å². The molecule has 0 spiro atoms. The van der Waals surface area contributed by atoms with Crippen LogP contribution in [-0.4, -0.2) is 25.9 Å². The van der Waals surface area contributed by atoms with Crippen LogP contribution >= 0.6 is 0 Å². The summed E-state index contributed by atoms with van der Waals surface area (Å²) in [6, 6.07) is 0. The molecule has 1 aliphatic carbocycles. The van der Waals surface area contributed by atoms with Crippen LogP contribution in [0.3, 0.4) is 0 Å². The summed E-state index contributed by atoms with van der Waals surface area (Å²) < 4.78 is 11.3. The van der Waals surface area contributed by atoms with E-state index in [1.807, 2.05) is 0 Å². The van der Waals surface area contributed by atoms with Gasteiger partial charge >= 0.3 is 0 Å².